The first-order chi connectivity index (χ1) is 5.72. The summed E-state index contributed by atoms with van der Waals surface area (Å²) in [4.78, 5) is 1.49. The highest BCUT2D eigenvalue weighted by Crippen LogP contribution is 2.19. The second kappa shape index (κ2) is 2.12. The number of rotatable bonds is 0. The van der Waals surface area contributed by atoms with Crippen molar-refractivity contribution in [1.82, 2.24) is 4.98 Å². The molecular weight excluding hydrogens is 134 g/mol. The third-order valence-corrected chi connectivity index (χ3v) is 2.14. The number of aryl methyl sites for hydroxylation is 1. The van der Waals surface area contributed by atoms with Gasteiger partial charge in [0.05, 0.1) is 0 Å². The number of H-pyrrole nitrogens is 1. The minimum atomic E-state index is 0.993. The molecule has 0 fully saturated rings. The average molecular weight is 146 g/mol. The first kappa shape index (κ1) is 5.42. The second-order valence-corrected chi connectivity index (χ2v) is 2.84. The fraction of sp³-hybridized carbons (Fsp3) is 0.200. The van der Waals surface area contributed by atoms with Crippen molar-refractivity contribution in [2.75, 3.05) is 0 Å². The maximum Gasteiger partial charge on any atom is 0.166 e. The lowest BCUT2D eigenvalue weighted by Gasteiger charge is -1.87. The van der Waals surface area contributed by atoms with Crippen molar-refractivity contribution >= 4 is 10.9 Å². The van der Waals surface area contributed by atoms with Gasteiger partial charge in [0.15, 0.2) is 1.41 Å². The van der Waals surface area contributed by atoms with Crippen molar-refractivity contribution in [3.05, 3.63) is 35.5 Å². The monoisotopic (exact) mass is 146 g/mol. The average Bonchev–Trinajstić information content (AvgIpc) is 2.33. The molecule has 0 aliphatic rings. The lowest BCUT2D eigenvalue weighted by molar-refractivity contribution is 1.25. The summed E-state index contributed by atoms with van der Waals surface area (Å²) in [5, 5.41) is 1.19. The number of aromatic nitrogens is 1. The molecule has 0 atom stereocenters. The summed E-state index contributed by atoms with van der Waals surface area (Å²) in [5.74, 6) is 0. The van der Waals surface area contributed by atoms with Gasteiger partial charge in [0.2, 0.25) is 0 Å². The molecular formula is C10H11N. The second-order valence-electron chi connectivity index (χ2n) is 2.84. The van der Waals surface area contributed by atoms with Crippen molar-refractivity contribution in [2.45, 2.75) is 13.8 Å². The van der Waals surface area contributed by atoms with Gasteiger partial charge < -0.3 is 4.98 Å². The molecule has 0 aliphatic carbocycles. The molecule has 0 aliphatic heterocycles. The third kappa shape index (κ3) is 0.845. The summed E-state index contributed by atoms with van der Waals surface area (Å²) < 4.78 is 7.73. The molecule has 0 radical (unpaired) electrons. The first-order valence-corrected chi connectivity index (χ1v) is 3.77. The van der Waals surface area contributed by atoms with E-state index in [-0.39, 0.29) is 0 Å². The highest BCUT2D eigenvalue weighted by Gasteiger charge is 2.00. The van der Waals surface area contributed by atoms with Gasteiger partial charge in [-0.15, -0.1) is 0 Å². The number of para-hydroxylation sites is 1. The van der Waals surface area contributed by atoms with Gasteiger partial charge in [0.1, 0.15) is 0 Å². The highest BCUT2D eigenvalue weighted by molar-refractivity contribution is 5.84. The summed E-state index contributed by atoms with van der Waals surface area (Å²) in [6.45, 7) is 4.03. The SMILES string of the molecule is [2H]n1c(C)c(C)c2ccccc21. The topological polar surface area (TPSA) is 15.8 Å². The summed E-state index contributed by atoms with van der Waals surface area (Å²) in [6.07, 6.45) is 0. The molecule has 0 saturated heterocycles. The van der Waals surface area contributed by atoms with E-state index in [0.717, 1.165) is 11.2 Å². The van der Waals surface area contributed by atoms with Crippen LogP contribution in [0.3, 0.4) is 0 Å². The smallest absolute Gasteiger partial charge is 0.166 e. The van der Waals surface area contributed by atoms with E-state index in [4.69, 9.17) is 1.41 Å². The van der Waals surface area contributed by atoms with E-state index in [2.05, 4.69) is 13.0 Å². The maximum absolute atomic E-state index is 7.73. The summed E-state index contributed by atoms with van der Waals surface area (Å²) >= 11 is 0. The van der Waals surface area contributed by atoms with Gasteiger partial charge in [-0.2, -0.15) is 0 Å². The molecule has 0 saturated carbocycles. The number of nitrogens with one attached hydrogen (secondary N) is 1. The van der Waals surface area contributed by atoms with Crippen LogP contribution in [0.25, 0.3) is 10.9 Å². The Hall–Kier alpha value is -1.24. The van der Waals surface area contributed by atoms with E-state index < -0.39 is 0 Å². The molecule has 11 heavy (non-hydrogen) atoms. The fourth-order valence-electron chi connectivity index (χ4n) is 1.35. The molecule has 0 unspecified atom stereocenters. The van der Waals surface area contributed by atoms with Crippen LogP contribution in [0.15, 0.2) is 24.3 Å². The Labute approximate surface area is 67.5 Å². The normalized spacial score (nSPS) is 12.0. The Balaban J connectivity index is 2.99. The van der Waals surface area contributed by atoms with Crippen LogP contribution in [-0.4, -0.2) is 4.98 Å². The van der Waals surface area contributed by atoms with Gasteiger partial charge >= 0.3 is 0 Å². The molecule has 0 amide bonds. The van der Waals surface area contributed by atoms with Crippen molar-refractivity contribution in [3.63, 3.8) is 0 Å². The van der Waals surface area contributed by atoms with Crippen LogP contribution in [0.4, 0.5) is 0 Å². The number of fused-ring (bicyclic) bond motifs is 1. The van der Waals surface area contributed by atoms with E-state index >= 15 is 0 Å². The van der Waals surface area contributed by atoms with E-state index in [1.165, 1.54) is 15.9 Å². The molecule has 0 spiro atoms. The van der Waals surface area contributed by atoms with Crippen LogP contribution in [-0.2, 0) is 0 Å². The van der Waals surface area contributed by atoms with Crippen LogP contribution in [0.2, 0.25) is 1.41 Å². The Morgan fingerprint density at radius 2 is 2.00 bits per heavy atom. The van der Waals surface area contributed by atoms with Gasteiger partial charge in [-0.3, -0.25) is 0 Å². The van der Waals surface area contributed by atoms with Crippen LogP contribution in [0.1, 0.15) is 11.3 Å². The minimum Gasteiger partial charge on any atom is -0.358 e. The van der Waals surface area contributed by atoms with E-state index in [1.807, 2.05) is 25.1 Å². The van der Waals surface area contributed by atoms with Crippen molar-refractivity contribution in [1.29, 1.82) is 0 Å². The maximum atomic E-state index is 7.73. The summed E-state index contributed by atoms with van der Waals surface area (Å²) in [7, 11) is 0. The van der Waals surface area contributed by atoms with Crippen molar-refractivity contribution in [3.8, 4) is 0 Å². The first-order valence-electron chi connectivity index (χ1n) is 4.22. The van der Waals surface area contributed by atoms with Gasteiger partial charge in [-0.25, -0.2) is 0 Å². The Kier molecular flexibility index (Phi) is 1.05. The highest BCUT2D eigenvalue weighted by atomic mass is 14.7. The third-order valence-electron chi connectivity index (χ3n) is 2.14. The standard InChI is InChI=1S/C10H11N/c1-7-8(2)11-10-6-4-3-5-9(7)10/h3-6,11H,1-2H3/i/hD. The van der Waals surface area contributed by atoms with E-state index in [0.29, 0.717) is 0 Å². The van der Waals surface area contributed by atoms with E-state index in [1.54, 1.807) is 0 Å². The Morgan fingerprint density at radius 3 is 2.73 bits per heavy atom. The van der Waals surface area contributed by atoms with Crippen LogP contribution in [0, 0.1) is 13.8 Å². The zero-order valence-corrected chi connectivity index (χ0v) is 6.76. The molecule has 56 valence electrons. The van der Waals surface area contributed by atoms with Crippen LogP contribution >= 0.6 is 0 Å². The molecule has 1 aromatic carbocycles. The predicted molar refractivity (Wildman–Crippen MR) is 47.8 cm³/mol. The van der Waals surface area contributed by atoms with Crippen LogP contribution < -0.4 is 0 Å². The molecule has 2 rings (SSSR count). The fourth-order valence-corrected chi connectivity index (χ4v) is 1.35. The van der Waals surface area contributed by atoms with Gasteiger partial charge in [-0.1, -0.05) is 18.2 Å². The molecule has 2 aromatic rings. The van der Waals surface area contributed by atoms with Gasteiger partial charge in [0, 0.05) is 16.6 Å². The largest absolute Gasteiger partial charge is 0.358 e. The number of hydrogen-bond acceptors (Lipinski definition) is 0. The lowest BCUT2D eigenvalue weighted by atomic mass is 10.2. The number of aromatic amines is 1. The molecule has 1 N–H and O–H groups in total. The quantitative estimate of drug-likeness (QED) is 0.588. The van der Waals surface area contributed by atoms with Crippen molar-refractivity contribution in [2.24, 2.45) is 0 Å². The summed E-state index contributed by atoms with van der Waals surface area (Å²) in [5.41, 5.74) is 3.23. The predicted octanol–water partition coefficient (Wildman–Crippen LogP) is 2.78. The molecule has 1 heteroatoms. The zero-order valence-electron chi connectivity index (χ0n) is 7.76. The van der Waals surface area contributed by atoms with Crippen LogP contribution in [0.5, 0.6) is 0 Å². The Morgan fingerprint density at radius 1 is 1.27 bits per heavy atom. The minimum absolute atomic E-state index is 0.993. The molecule has 1 heterocycles. The molecule has 1 nitrogen and oxygen atoms in total. The van der Waals surface area contributed by atoms with E-state index in [9.17, 15) is 0 Å². The Bertz CT molecular complexity index is 390. The number of hydrogen-bond donors (Lipinski definition) is 1. The van der Waals surface area contributed by atoms with Gasteiger partial charge in [0.25, 0.3) is 0 Å². The zero-order chi connectivity index (χ0) is 8.72. The summed E-state index contributed by atoms with van der Waals surface area (Å²) in [6, 6.07) is 8.01. The van der Waals surface area contributed by atoms with Crippen molar-refractivity contribution < 1.29 is 1.41 Å². The number of benzene rings is 1. The lowest BCUT2D eigenvalue weighted by Crippen LogP contribution is -1.70. The van der Waals surface area contributed by atoms with Gasteiger partial charge in [-0.05, 0) is 25.5 Å². The molecule has 1 aromatic heterocycles. The molecule has 0 bridgehead atoms.